The average molecular weight is 602 g/mol. The summed E-state index contributed by atoms with van der Waals surface area (Å²) in [4.78, 5) is 0. The molecule has 0 radical (unpaired) electrons. The van der Waals surface area contributed by atoms with Crippen molar-refractivity contribution in [2.75, 3.05) is 13.7 Å². The first-order valence-electron chi connectivity index (χ1n) is 16.3. The summed E-state index contributed by atoms with van der Waals surface area (Å²) in [5.41, 5.74) is 3.99. The zero-order chi connectivity index (χ0) is 31.8. The predicted octanol–water partition coefficient (Wildman–Crippen LogP) is 7.36. The highest BCUT2D eigenvalue weighted by Crippen LogP contribution is 2.39. The second-order valence-electron chi connectivity index (χ2n) is 12.6. The van der Waals surface area contributed by atoms with E-state index in [1.165, 1.54) is 5.57 Å². The highest BCUT2D eigenvalue weighted by atomic mass is 16.5. The van der Waals surface area contributed by atoms with E-state index in [-0.39, 0.29) is 18.1 Å². The fourth-order valence-corrected chi connectivity index (χ4v) is 6.09. The van der Waals surface area contributed by atoms with Crippen LogP contribution in [0.15, 0.2) is 63.9 Å². The first-order valence-corrected chi connectivity index (χ1v) is 16.3. The lowest BCUT2D eigenvalue weighted by molar-refractivity contribution is -0.125. The standard InChI is InChI=1S/C36H59NO6/c1-7-28(4)35(39)29(5)33(37-41)17-13-12-16-32(42-6)19-18-26(2)14-10-8-9-11-15-30-21-23-43-34-25-31(38)24-27(3)20-22-36(30,34)40/h7-9,15,18,20,29,31-32,34-35,38-41H,10-14,16-17,19,21-25H2,1-6H3/b9-8+,26-18+,27-20-,28-7+,30-15+,37-33+/t29-,31?,32?,34+,35?,36-/m0/s1. The Kier molecular flexibility index (Phi) is 16.7. The second kappa shape index (κ2) is 19.4. The molecular weight excluding hydrogens is 542 g/mol. The SMILES string of the molecule is C/C=C(\C)C(O)[C@@H](C)/C(CCCCC(C/C=C(\C)CC/C=C/C/C=C1\CCO[C@@H]2CC(O)C/C(C)=C\C[C@]12O)OC)=N/O. The molecule has 0 aromatic rings. The summed E-state index contributed by atoms with van der Waals surface area (Å²) >= 11 is 0. The van der Waals surface area contributed by atoms with Crippen LogP contribution in [-0.2, 0) is 9.47 Å². The Morgan fingerprint density at radius 1 is 1.23 bits per heavy atom. The molecule has 1 aliphatic heterocycles. The van der Waals surface area contributed by atoms with Gasteiger partial charge in [0.25, 0.3) is 0 Å². The number of unbranched alkanes of at least 4 members (excludes halogenated alkanes) is 1. The molecule has 0 aromatic heterocycles. The molecule has 3 unspecified atom stereocenters. The van der Waals surface area contributed by atoms with E-state index in [0.717, 1.165) is 68.1 Å². The van der Waals surface area contributed by atoms with E-state index in [0.29, 0.717) is 38.0 Å². The van der Waals surface area contributed by atoms with Crippen LogP contribution < -0.4 is 0 Å². The summed E-state index contributed by atoms with van der Waals surface area (Å²) in [6.45, 7) is 10.5. The minimum atomic E-state index is -1.03. The zero-order valence-corrected chi connectivity index (χ0v) is 27.6. The molecule has 1 fully saturated rings. The van der Waals surface area contributed by atoms with Gasteiger partial charge in [-0.15, -0.1) is 0 Å². The second-order valence-corrected chi connectivity index (χ2v) is 12.6. The van der Waals surface area contributed by atoms with Gasteiger partial charge in [0.1, 0.15) is 5.60 Å². The van der Waals surface area contributed by atoms with Crippen molar-refractivity contribution in [1.29, 1.82) is 0 Å². The van der Waals surface area contributed by atoms with Crippen molar-refractivity contribution >= 4 is 5.71 Å². The fourth-order valence-electron chi connectivity index (χ4n) is 6.09. The number of fused-ring (bicyclic) bond motifs is 1. The van der Waals surface area contributed by atoms with Gasteiger partial charge in [0.15, 0.2) is 0 Å². The molecule has 0 bridgehead atoms. The lowest BCUT2D eigenvalue weighted by atomic mass is 9.76. The van der Waals surface area contributed by atoms with Crippen molar-refractivity contribution in [1.82, 2.24) is 0 Å². The third kappa shape index (κ3) is 12.1. The van der Waals surface area contributed by atoms with Crippen LogP contribution >= 0.6 is 0 Å². The van der Waals surface area contributed by atoms with E-state index in [9.17, 15) is 20.5 Å². The molecule has 1 aliphatic carbocycles. The van der Waals surface area contributed by atoms with Crippen molar-refractivity contribution in [3.05, 3.63) is 58.7 Å². The molecule has 244 valence electrons. The van der Waals surface area contributed by atoms with Gasteiger partial charge in [-0.05, 0) is 96.6 Å². The minimum Gasteiger partial charge on any atom is -0.411 e. The summed E-state index contributed by atoms with van der Waals surface area (Å²) in [5.74, 6) is -0.209. The molecule has 6 atom stereocenters. The number of hydrogen-bond donors (Lipinski definition) is 4. The van der Waals surface area contributed by atoms with E-state index >= 15 is 0 Å². The van der Waals surface area contributed by atoms with Gasteiger partial charge in [0, 0.05) is 25.9 Å². The molecule has 2 aliphatic rings. The molecule has 43 heavy (non-hydrogen) atoms. The van der Waals surface area contributed by atoms with Crippen LogP contribution in [0, 0.1) is 5.92 Å². The van der Waals surface area contributed by atoms with Crippen molar-refractivity contribution in [3.63, 3.8) is 0 Å². The number of aliphatic hydroxyl groups is 3. The molecule has 1 heterocycles. The van der Waals surface area contributed by atoms with Gasteiger partial charge in [-0.3, -0.25) is 0 Å². The van der Waals surface area contributed by atoms with E-state index in [4.69, 9.17) is 9.47 Å². The Balaban J connectivity index is 1.75. The van der Waals surface area contributed by atoms with Crippen LogP contribution in [0.1, 0.15) is 112 Å². The molecule has 2 rings (SSSR count). The normalized spacial score (nSPS) is 28.6. The Morgan fingerprint density at radius 3 is 2.70 bits per heavy atom. The van der Waals surface area contributed by atoms with Gasteiger partial charge in [-0.25, -0.2) is 0 Å². The molecule has 0 spiro atoms. The number of aliphatic hydroxyl groups excluding tert-OH is 2. The monoisotopic (exact) mass is 601 g/mol. The maximum atomic E-state index is 11.5. The topological polar surface area (TPSA) is 112 Å². The maximum Gasteiger partial charge on any atom is 0.115 e. The molecule has 0 saturated carbocycles. The van der Waals surface area contributed by atoms with Crippen LogP contribution in [0.4, 0.5) is 0 Å². The largest absolute Gasteiger partial charge is 0.411 e. The van der Waals surface area contributed by atoms with Gasteiger partial charge in [0.05, 0.1) is 36.7 Å². The van der Waals surface area contributed by atoms with Gasteiger partial charge < -0.3 is 30.0 Å². The highest BCUT2D eigenvalue weighted by Gasteiger charge is 2.44. The van der Waals surface area contributed by atoms with E-state index in [2.05, 4.69) is 42.5 Å². The van der Waals surface area contributed by atoms with Gasteiger partial charge in [0.2, 0.25) is 0 Å². The highest BCUT2D eigenvalue weighted by molar-refractivity contribution is 5.86. The van der Waals surface area contributed by atoms with Gasteiger partial charge in [-0.1, -0.05) is 66.1 Å². The summed E-state index contributed by atoms with van der Waals surface area (Å²) in [5, 5.41) is 45.3. The Labute approximate surface area is 260 Å². The third-order valence-electron chi connectivity index (χ3n) is 9.28. The predicted molar refractivity (Wildman–Crippen MR) is 175 cm³/mol. The molecule has 7 heteroatoms. The van der Waals surface area contributed by atoms with E-state index < -0.39 is 17.8 Å². The van der Waals surface area contributed by atoms with E-state index in [1.807, 2.05) is 33.8 Å². The number of methoxy groups -OCH3 is 1. The Morgan fingerprint density at radius 2 is 2.00 bits per heavy atom. The van der Waals surface area contributed by atoms with Crippen molar-refractivity contribution in [3.8, 4) is 0 Å². The quantitative estimate of drug-likeness (QED) is 0.0484. The minimum absolute atomic E-state index is 0.155. The molecular formula is C36H59NO6. The maximum absolute atomic E-state index is 11.5. The van der Waals surface area contributed by atoms with Crippen LogP contribution in [0.3, 0.4) is 0 Å². The number of nitrogens with zero attached hydrogens (tertiary/aromatic N) is 1. The number of rotatable bonds is 16. The van der Waals surface area contributed by atoms with Crippen molar-refractivity contribution < 1.29 is 30.0 Å². The fraction of sp³-hybridized carbons (Fsp3) is 0.694. The summed E-state index contributed by atoms with van der Waals surface area (Å²) in [6, 6.07) is 0. The smallest absolute Gasteiger partial charge is 0.115 e. The summed E-state index contributed by atoms with van der Waals surface area (Å²) < 4.78 is 11.6. The lowest BCUT2D eigenvalue weighted by Gasteiger charge is -2.43. The van der Waals surface area contributed by atoms with Crippen LogP contribution in [0.2, 0.25) is 0 Å². The number of hydrogen-bond acceptors (Lipinski definition) is 7. The number of ether oxygens (including phenoxy) is 2. The van der Waals surface area contributed by atoms with Crippen LogP contribution in [0.5, 0.6) is 0 Å². The van der Waals surface area contributed by atoms with Gasteiger partial charge in [-0.2, -0.15) is 0 Å². The summed E-state index contributed by atoms with van der Waals surface area (Å²) in [6.07, 6.45) is 20.9. The van der Waals surface area contributed by atoms with Crippen LogP contribution in [-0.4, -0.2) is 70.0 Å². The molecule has 0 aromatic carbocycles. The Bertz CT molecular complexity index is 1020. The summed E-state index contributed by atoms with van der Waals surface area (Å²) in [7, 11) is 1.76. The first-order chi connectivity index (χ1) is 20.5. The van der Waals surface area contributed by atoms with Crippen molar-refractivity contribution in [2.45, 2.75) is 142 Å². The lowest BCUT2D eigenvalue weighted by Crippen LogP contribution is -2.51. The Hall–Kier alpha value is -2.03. The molecule has 0 amide bonds. The molecule has 4 N–H and O–H groups in total. The first kappa shape index (κ1) is 37.2. The molecule has 1 saturated heterocycles. The molecule has 7 nitrogen and oxygen atoms in total. The number of oxime groups is 1. The number of allylic oxidation sites excluding steroid dienone is 5. The van der Waals surface area contributed by atoms with Crippen LogP contribution in [0.25, 0.3) is 0 Å². The average Bonchev–Trinajstić information content (AvgIpc) is 2.99. The van der Waals surface area contributed by atoms with E-state index in [1.54, 1.807) is 7.11 Å². The third-order valence-corrected chi connectivity index (χ3v) is 9.28. The van der Waals surface area contributed by atoms with Crippen molar-refractivity contribution in [2.24, 2.45) is 11.1 Å². The zero-order valence-electron chi connectivity index (χ0n) is 27.6. The van der Waals surface area contributed by atoms with Gasteiger partial charge >= 0.3 is 0 Å².